The fourth-order valence-electron chi connectivity index (χ4n) is 1.74. The lowest BCUT2D eigenvalue weighted by atomic mass is 10.1. The highest BCUT2D eigenvalue weighted by molar-refractivity contribution is 5.76. The number of carbonyl (C=O) groups is 1. The molecule has 0 saturated heterocycles. The van der Waals surface area contributed by atoms with E-state index in [-0.39, 0.29) is 17.8 Å². The number of halogens is 1. The molecule has 1 unspecified atom stereocenters. The van der Waals surface area contributed by atoms with Crippen LogP contribution in [0.4, 0.5) is 4.39 Å². The van der Waals surface area contributed by atoms with Crippen molar-refractivity contribution in [3.63, 3.8) is 0 Å². The number of nitrogens with zero attached hydrogens (tertiary/aromatic N) is 1. The van der Waals surface area contributed by atoms with Crippen LogP contribution < -0.4 is 11.1 Å². The zero-order valence-electron chi connectivity index (χ0n) is 10.8. The summed E-state index contributed by atoms with van der Waals surface area (Å²) in [5.74, 6) is -0.279. The quantitative estimate of drug-likeness (QED) is 0.785. The molecule has 0 fully saturated rings. The molecule has 0 bridgehead atoms. The molecule has 100 valence electrons. The first-order valence-electron chi connectivity index (χ1n) is 5.92. The molecule has 0 aliphatic heterocycles. The van der Waals surface area contributed by atoms with E-state index >= 15 is 0 Å². The minimum absolute atomic E-state index is 0.0185. The molecule has 1 rings (SSSR count). The van der Waals surface area contributed by atoms with Gasteiger partial charge in [0.2, 0.25) is 5.91 Å². The van der Waals surface area contributed by atoms with Crippen LogP contribution in [0.2, 0.25) is 0 Å². The summed E-state index contributed by atoms with van der Waals surface area (Å²) >= 11 is 0. The number of amides is 1. The van der Waals surface area contributed by atoms with Gasteiger partial charge in [0, 0.05) is 32.6 Å². The molecule has 0 saturated carbocycles. The van der Waals surface area contributed by atoms with Crippen molar-refractivity contribution in [2.75, 3.05) is 20.6 Å². The average molecular weight is 253 g/mol. The molecule has 4 nitrogen and oxygen atoms in total. The summed E-state index contributed by atoms with van der Waals surface area (Å²) in [6.45, 7) is 1.05. The summed E-state index contributed by atoms with van der Waals surface area (Å²) in [6.07, 6.45) is 0.366. The van der Waals surface area contributed by atoms with Crippen molar-refractivity contribution >= 4 is 5.91 Å². The number of nitrogens with two attached hydrogens (primary N) is 1. The normalized spacial score (nSPS) is 12.5. The van der Waals surface area contributed by atoms with E-state index in [9.17, 15) is 9.18 Å². The van der Waals surface area contributed by atoms with Gasteiger partial charge in [0.15, 0.2) is 0 Å². The van der Waals surface area contributed by atoms with Crippen LogP contribution >= 0.6 is 0 Å². The number of carbonyl (C=O) groups excluding carboxylic acids is 1. The Morgan fingerprint density at radius 3 is 2.56 bits per heavy atom. The molecule has 0 aromatic heterocycles. The summed E-state index contributed by atoms with van der Waals surface area (Å²) < 4.78 is 12.8. The van der Waals surface area contributed by atoms with E-state index in [1.54, 1.807) is 19.2 Å². The topological polar surface area (TPSA) is 58.4 Å². The van der Waals surface area contributed by atoms with Crippen molar-refractivity contribution in [1.82, 2.24) is 10.2 Å². The molecular weight excluding hydrogens is 233 g/mol. The van der Waals surface area contributed by atoms with Crippen LogP contribution in [0.15, 0.2) is 24.3 Å². The van der Waals surface area contributed by atoms with Crippen molar-refractivity contribution < 1.29 is 9.18 Å². The minimum Gasteiger partial charge on any atom is -0.359 e. The molecule has 5 heteroatoms. The second-order valence-corrected chi connectivity index (χ2v) is 4.31. The van der Waals surface area contributed by atoms with Crippen LogP contribution in [-0.2, 0) is 11.3 Å². The lowest BCUT2D eigenvalue weighted by Gasteiger charge is -2.26. The number of likely N-dealkylation sites (N-methyl/N-ethyl adjacent to an activating group) is 1. The Kier molecular flexibility index (Phi) is 5.74. The van der Waals surface area contributed by atoms with Crippen LogP contribution in [0, 0.1) is 5.82 Å². The monoisotopic (exact) mass is 253 g/mol. The second-order valence-electron chi connectivity index (χ2n) is 4.31. The fourth-order valence-corrected chi connectivity index (χ4v) is 1.74. The van der Waals surface area contributed by atoms with Gasteiger partial charge in [-0.3, -0.25) is 9.69 Å². The highest BCUT2D eigenvalue weighted by Crippen LogP contribution is 2.09. The third-order valence-electron chi connectivity index (χ3n) is 2.94. The fraction of sp³-hybridized carbons (Fsp3) is 0.462. The first-order valence-corrected chi connectivity index (χ1v) is 5.92. The lowest BCUT2D eigenvalue weighted by Crippen LogP contribution is -2.41. The molecule has 0 aliphatic rings. The van der Waals surface area contributed by atoms with Crippen molar-refractivity contribution in [3.05, 3.63) is 35.6 Å². The Morgan fingerprint density at radius 1 is 1.44 bits per heavy atom. The van der Waals surface area contributed by atoms with Crippen LogP contribution in [-0.4, -0.2) is 37.5 Å². The summed E-state index contributed by atoms with van der Waals surface area (Å²) in [5.41, 5.74) is 6.67. The maximum absolute atomic E-state index is 12.8. The van der Waals surface area contributed by atoms with Gasteiger partial charge in [-0.25, -0.2) is 4.39 Å². The van der Waals surface area contributed by atoms with Crippen LogP contribution in [0.3, 0.4) is 0 Å². The molecule has 3 N–H and O–H groups in total. The number of hydrogen-bond donors (Lipinski definition) is 2. The lowest BCUT2D eigenvalue weighted by molar-refractivity contribution is -0.121. The van der Waals surface area contributed by atoms with Gasteiger partial charge < -0.3 is 11.1 Å². The van der Waals surface area contributed by atoms with Crippen LogP contribution in [0.1, 0.15) is 12.0 Å². The number of nitrogens with one attached hydrogen (secondary N) is 1. The van der Waals surface area contributed by atoms with E-state index < -0.39 is 0 Å². The average Bonchev–Trinajstić information content (AvgIpc) is 2.38. The highest BCUT2D eigenvalue weighted by atomic mass is 19.1. The Morgan fingerprint density at radius 2 is 2.06 bits per heavy atom. The number of benzene rings is 1. The predicted octanol–water partition coefficient (Wildman–Crippen LogP) is 0.721. The molecule has 0 radical (unpaired) electrons. The Bertz CT molecular complexity index is 380. The van der Waals surface area contributed by atoms with E-state index in [2.05, 4.69) is 5.32 Å². The first kappa shape index (κ1) is 14.6. The Labute approximate surface area is 107 Å². The van der Waals surface area contributed by atoms with Gasteiger partial charge in [0.25, 0.3) is 0 Å². The zero-order valence-corrected chi connectivity index (χ0v) is 10.8. The minimum atomic E-state index is -0.248. The van der Waals surface area contributed by atoms with E-state index in [0.717, 1.165) is 5.56 Å². The van der Waals surface area contributed by atoms with E-state index in [1.165, 1.54) is 12.1 Å². The van der Waals surface area contributed by atoms with Gasteiger partial charge in [-0.2, -0.15) is 0 Å². The number of hydrogen-bond acceptors (Lipinski definition) is 3. The summed E-state index contributed by atoms with van der Waals surface area (Å²) in [5, 5.41) is 2.59. The predicted molar refractivity (Wildman–Crippen MR) is 69.4 cm³/mol. The first-order chi connectivity index (χ1) is 8.56. The summed E-state index contributed by atoms with van der Waals surface area (Å²) in [6, 6.07) is 6.31. The molecule has 0 heterocycles. The molecule has 0 spiro atoms. The van der Waals surface area contributed by atoms with Crippen LogP contribution in [0.5, 0.6) is 0 Å². The summed E-state index contributed by atoms with van der Waals surface area (Å²) in [7, 11) is 3.51. The van der Waals surface area contributed by atoms with Gasteiger partial charge >= 0.3 is 0 Å². The Balaban J connectivity index is 2.58. The molecule has 1 amide bonds. The van der Waals surface area contributed by atoms with E-state index in [1.807, 2.05) is 11.9 Å². The standard InChI is InChI=1S/C13H20FN3O/c1-16-13(18)7-12(8-15)17(2)9-10-3-5-11(14)6-4-10/h3-6,12H,7-9,15H2,1-2H3,(H,16,18). The van der Waals surface area contributed by atoms with Gasteiger partial charge in [0.1, 0.15) is 5.82 Å². The van der Waals surface area contributed by atoms with E-state index in [0.29, 0.717) is 19.5 Å². The molecule has 1 aromatic carbocycles. The smallest absolute Gasteiger partial charge is 0.221 e. The summed E-state index contributed by atoms with van der Waals surface area (Å²) in [4.78, 5) is 13.3. The largest absolute Gasteiger partial charge is 0.359 e. The SMILES string of the molecule is CNC(=O)CC(CN)N(C)Cc1ccc(F)cc1. The number of rotatable bonds is 6. The second kappa shape index (κ2) is 7.08. The molecular formula is C13H20FN3O. The molecule has 18 heavy (non-hydrogen) atoms. The third kappa shape index (κ3) is 4.43. The highest BCUT2D eigenvalue weighted by Gasteiger charge is 2.16. The zero-order chi connectivity index (χ0) is 13.5. The molecule has 1 aromatic rings. The van der Waals surface area contributed by atoms with Crippen molar-refractivity contribution in [1.29, 1.82) is 0 Å². The van der Waals surface area contributed by atoms with Crippen LogP contribution in [0.25, 0.3) is 0 Å². The van der Waals surface area contributed by atoms with Crippen molar-refractivity contribution in [2.24, 2.45) is 5.73 Å². The maximum Gasteiger partial charge on any atom is 0.221 e. The van der Waals surface area contributed by atoms with Gasteiger partial charge in [-0.15, -0.1) is 0 Å². The van der Waals surface area contributed by atoms with Crippen molar-refractivity contribution in [3.8, 4) is 0 Å². The third-order valence-corrected chi connectivity index (χ3v) is 2.94. The van der Waals surface area contributed by atoms with Gasteiger partial charge in [-0.05, 0) is 24.7 Å². The van der Waals surface area contributed by atoms with E-state index in [4.69, 9.17) is 5.73 Å². The van der Waals surface area contributed by atoms with Crippen molar-refractivity contribution in [2.45, 2.75) is 19.0 Å². The Hall–Kier alpha value is -1.46. The molecule has 0 aliphatic carbocycles. The van der Waals surface area contributed by atoms with Gasteiger partial charge in [-0.1, -0.05) is 12.1 Å². The van der Waals surface area contributed by atoms with Gasteiger partial charge in [0.05, 0.1) is 0 Å². The molecule has 1 atom stereocenters. The maximum atomic E-state index is 12.8.